The lowest BCUT2D eigenvalue weighted by atomic mass is 10.5. The average molecular weight is 327 g/mol. The summed E-state index contributed by atoms with van der Waals surface area (Å²) in [6.45, 7) is 3.57. The van der Waals surface area contributed by atoms with Gasteiger partial charge in [-0.05, 0) is 18.6 Å². The molecule has 0 amide bonds. The van der Waals surface area contributed by atoms with Gasteiger partial charge in [-0.15, -0.1) is 11.3 Å². The van der Waals surface area contributed by atoms with E-state index in [2.05, 4.69) is 32.5 Å². The molecule has 8 heteroatoms. The van der Waals surface area contributed by atoms with Gasteiger partial charge in [-0.1, -0.05) is 18.5 Å². The van der Waals surface area contributed by atoms with E-state index in [9.17, 15) is 0 Å². The number of nitrogens with zero attached hydrogens (tertiary/aromatic N) is 4. The first kappa shape index (κ1) is 15.8. The minimum atomic E-state index is 0.553. The van der Waals surface area contributed by atoms with Crippen molar-refractivity contribution in [2.45, 2.75) is 19.9 Å². The van der Waals surface area contributed by atoms with Crippen LogP contribution < -0.4 is 15.5 Å². The first-order valence-electron chi connectivity index (χ1n) is 6.74. The summed E-state index contributed by atoms with van der Waals surface area (Å²) in [6.07, 6.45) is 1.01. The van der Waals surface area contributed by atoms with Gasteiger partial charge in [0, 0.05) is 25.5 Å². The molecule has 0 aromatic carbocycles. The fourth-order valence-electron chi connectivity index (χ4n) is 1.57. The molecule has 114 valence electrons. The molecule has 0 fully saturated rings. The van der Waals surface area contributed by atoms with Gasteiger partial charge in [0.25, 0.3) is 0 Å². The van der Waals surface area contributed by atoms with Gasteiger partial charge in [0.2, 0.25) is 17.8 Å². The van der Waals surface area contributed by atoms with Crippen molar-refractivity contribution in [1.82, 2.24) is 15.0 Å². The SMILES string of the molecule is CCCNc1nc(NCc2ccc(Cl)s2)nc(N(C)C)n1. The Labute approximate surface area is 133 Å². The molecule has 0 aliphatic rings. The minimum absolute atomic E-state index is 0.553. The number of halogens is 1. The molecule has 2 aromatic heterocycles. The molecule has 0 atom stereocenters. The minimum Gasteiger partial charge on any atom is -0.354 e. The predicted molar refractivity (Wildman–Crippen MR) is 89.6 cm³/mol. The molecule has 0 bridgehead atoms. The molecule has 2 rings (SSSR count). The van der Waals surface area contributed by atoms with Crippen molar-refractivity contribution >= 4 is 40.8 Å². The summed E-state index contributed by atoms with van der Waals surface area (Å²) < 4.78 is 0.779. The van der Waals surface area contributed by atoms with E-state index in [-0.39, 0.29) is 0 Å². The largest absolute Gasteiger partial charge is 0.354 e. The van der Waals surface area contributed by atoms with Gasteiger partial charge in [-0.3, -0.25) is 0 Å². The molecule has 0 aliphatic heterocycles. The summed E-state index contributed by atoms with van der Waals surface area (Å²) in [5.74, 6) is 1.76. The van der Waals surface area contributed by atoms with Crippen molar-refractivity contribution in [3.63, 3.8) is 0 Å². The maximum absolute atomic E-state index is 5.92. The van der Waals surface area contributed by atoms with Gasteiger partial charge in [-0.25, -0.2) is 0 Å². The number of anilines is 3. The lowest BCUT2D eigenvalue weighted by Crippen LogP contribution is -2.17. The Morgan fingerprint density at radius 2 is 1.86 bits per heavy atom. The highest BCUT2D eigenvalue weighted by Crippen LogP contribution is 2.22. The van der Waals surface area contributed by atoms with E-state index in [4.69, 9.17) is 11.6 Å². The summed E-state index contributed by atoms with van der Waals surface area (Å²) >= 11 is 7.47. The monoisotopic (exact) mass is 326 g/mol. The lowest BCUT2D eigenvalue weighted by Gasteiger charge is -2.13. The van der Waals surface area contributed by atoms with Crippen LogP contribution in [-0.2, 0) is 6.54 Å². The maximum Gasteiger partial charge on any atom is 0.231 e. The van der Waals surface area contributed by atoms with Crippen molar-refractivity contribution in [2.75, 3.05) is 36.2 Å². The molecule has 0 unspecified atom stereocenters. The van der Waals surface area contributed by atoms with Crippen molar-refractivity contribution < 1.29 is 0 Å². The second kappa shape index (κ2) is 7.42. The van der Waals surface area contributed by atoms with E-state index in [1.54, 1.807) is 11.3 Å². The van der Waals surface area contributed by atoms with E-state index < -0.39 is 0 Å². The van der Waals surface area contributed by atoms with Crippen molar-refractivity contribution in [3.05, 3.63) is 21.3 Å². The predicted octanol–water partition coefficient (Wildman–Crippen LogP) is 3.09. The molecule has 2 heterocycles. The zero-order valence-corrected chi connectivity index (χ0v) is 13.9. The summed E-state index contributed by atoms with van der Waals surface area (Å²) in [6, 6.07) is 3.88. The van der Waals surface area contributed by atoms with Crippen molar-refractivity contribution in [2.24, 2.45) is 0 Å². The third-order valence-electron chi connectivity index (χ3n) is 2.61. The molecular formula is C13H19ClN6S. The quantitative estimate of drug-likeness (QED) is 0.815. The molecule has 2 N–H and O–H groups in total. The van der Waals surface area contributed by atoms with Gasteiger partial charge >= 0.3 is 0 Å². The van der Waals surface area contributed by atoms with Gasteiger partial charge in [-0.2, -0.15) is 15.0 Å². The van der Waals surface area contributed by atoms with E-state index in [1.807, 2.05) is 31.1 Å². The number of aromatic nitrogens is 3. The molecule has 0 spiro atoms. The number of hydrogen-bond acceptors (Lipinski definition) is 7. The fraction of sp³-hybridized carbons (Fsp3) is 0.462. The Kier molecular flexibility index (Phi) is 5.58. The van der Waals surface area contributed by atoms with E-state index in [0.29, 0.717) is 24.4 Å². The van der Waals surface area contributed by atoms with Crippen LogP contribution in [0.15, 0.2) is 12.1 Å². The maximum atomic E-state index is 5.92. The van der Waals surface area contributed by atoms with Gasteiger partial charge in [0.1, 0.15) is 0 Å². The highest BCUT2D eigenvalue weighted by Gasteiger charge is 2.08. The van der Waals surface area contributed by atoms with Gasteiger partial charge in [0.05, 0.1) is 10.9 Å². The van der Waals surface area contributed by atoms with Crippen LogP contribution in [0, 0.1) is 0 Å². The summed E-state index contributed by atoms with van der Waals surface area (Å²) in [7, 11) is 3.81. The van der Waals surface area contributed by atoms with Crippen LogP contribution >= 0.6 is 22.9 Å². The van der Waals surface area contributed by atoms with E-state index in [1.165, 1.54) is 0 Å². The molecular weight excluding hydrogens is 308 g/mol. The molecule has 6 nitrogen and oxygen atoms in total. The zero-order chi connectivity index (χ0) is 15.2. The number of rotatable bonds is 7. The molecule has 2 aromatic rings. The van der Waals surface area contributed by atoms with Crippen LogP contribution in [0.3, 0.4) is 0 Å². The summed E-state index contributed by atoms with van der Waals surface area (Å²) in [5, 5.41) is 6.39. The lowest BCUT2D eigenvalue weighted by molar-refractivity contribution is 0.911. The molecule has 21 heavy (non-hydrogen) atoms. The first-order valence-corrected chi connectivity index (χ1v) is 7.93. The average Bonchev–Trinajstić information content (AvgIpc) is 2.88. The summed E-state index contributed by atoms with van der Waals surface area (Å²) in [5.41, 5.74) is 0. The molecule has 0 saturated heterocycles. The smallest absolute Gasteiger partial charge is 0.231 e. The Morgan fingerprint density at radius 3 is 2.43 bits per heavy atom. The Hall–Kier alpha value is -1.60. The topological polar surface area (TPSA) is 66.0 Å². The van der Waals surface area contributed by atoms with Crippen LogP contribution in [0.2, 0.25) is 4.34 Å². The van der Waals surface area contributed by atoms with Crippen LogP contribution in [-0.4, -0.2) is 35.6 Å². The highest BCUT2D eigenvalue weighted by molar-refractivity contribution is 7.16. The third kappa shape index (κ3) is 4.71. The first-order chi connectivity index (χ1) is 10.1. The standard InChI is InChI=1S/C13H19ClN6S/c1-4-7-15-11-17-12(19-13(18-11)20(2)3)16-8-9-5-6-10(14)21-9/h5-6H,4,7-8H2,1-3H3,(H2,15,16,17,18,19). The van der Waals surface area contributed by atoms with Crippen LogP contribution in [0.4, 0.5) is 17.8 Å². The van der Waals surface area contributed by atoms with E-state index in [0.717, 1.165) is 22.2 Å². The Morgan fingerprint density at radius 1 is 1.14 bits per heavy atom. The molecule has 0 radical (unpaired) electrons. The molecule has 0 saturated carbocycles. The second-order valence-corrected chi connectivity index (χ2v) is 6.46. The van der Waals surface area contributed by atoms with Gasteiger partial charge < -0.3 is 15.5 Å². The Balaban J connectivity index is 2.11. The number of nitrogens with one attached hydrogen (secondary N) is 2. The zero-order valence-electron chi connectivity index (χ0n) is 12.4. The normalized spacial score (nSPS) is 10.5. The van der Waals surface area contributed by atoms with Crippen LogP contribution in [0.25, 0.3) is 0 Å². The van der Waals surface area contributed by atoms with Gasteiger partial charge in [0.15, 0.2) is 0 Å². The number of hydrogen-bond donors (Lipinski definition) is 2. The second-order valence-electron chi connectivity index (χ2n) is 4.66. The highest BCUT2D eigenvalue weighted by atomic mass is 35.5. The molecule has 0 aliphatic carbocycles. The van der Waals surface area contributed by atoms with Crippen molar-refractivity contribution in [1.29, 1.82) is 0 Å². The van der Waals surface area contributed by atoms with E-state index >= 15 is 0 Å². The number of thiophene rings is 1. The Bertz CT molecular complexity index is 586. The summed E-state index contributed by atoms with van der Waals surface area (Å²) in [4.78, 5) is 16.1. The van der Waals surface area contributed by atoms with Crippen molar-refractivity contribution in [3.8, 4) is 0 Å². The fourth-order valence-corrected chi connectivity index (χ4v) is 2.60. The third-order valence-corrected chi connectivity index (χ3v) is 3.84. The van der Waals surface area contributed by atoms with Crippen LogP contribution in [0.5, 0.6) is 0 Å². The van der Waals surface area contributed by atoms with Crippen LogP contribution in [0.1, 0.15) is 18.2 Å².